The maximum atomic E-state index is 12.7. The Kier molecular flexibility index (Phi) is 7.46. The number of nitrogens with one attached hydrogen (secondary N) is 2. The zero-order valence-corrected chi connectivity index (χ0v) is 18.7. The van der Waals surface area contributed by atoms with Gasteiger partial charge in [0.25, 0.3) is 5.91 Å². The maximum Gasteiger partial charge on any atom is 0.251 e. The molecule has 1 aliphatic carbocycles. The van der Waals surface area contributed by atoms with Gasteiger partial charge in [-0.3, -0.25) is 9.59 Å². The third kappa shape index (κ3) is 5.71. The summed E-state index contributed by atoms with van der Waals surface area (Å²) in [4.78, 5) is 25.3. The summed E-state index contributed by atoms with van der Waals surface area (Å²) in [5, 5.41) is 5.69. The number of amides is 2. The second kappa shape index (κ2) is 10.1. The molecule has 2 aromatic rings. The van der Waals surface area contributed by atoms with Gasteiger partial charge in [-0.2, -0.15) is 0 Å². The van der Waals surface area contributed by atoms with E-state index in [2.05, 4.69) is 10.6 Å². The van der Waals surface area contributed by atoms with Crippen LogP contribution in [0.15, 0.2) is 53.4 Å². The summed E-state index contributed by atoms with van der Waals surface area (Å²) in [5.41, 5.74) is 1.49. The molecule has 0 radical (unpaired) electrons. The fraction of sp³-hybridized carbons (Fsp3) is 0.391. The summed E-state index contributed by atoms with van der Waals surface area (Å²) in [5.74, 6) is -0.313. The molecule has 0 aliphatic heterocycles. The van der Waals surface area contributed by atoms with Crippen molar-refractivity contribution in [3.63, 3.8) is 0 Å². The Morgan fingerprint density at radius 2 is 1.71 bits per heavy atom. The topological polar surface area (TPSA) is 95.6 Å². The monoisotopic (exact) mass is 443 g/mol. The molecule has 0 spiro atoms. The number of anilines is 1. The van der Waals surface area contributed by atoms with E-state index in [1.807, 2.05) is 0 Å². The standard InChI is InChI=1S/C23H29N3O4S/c1-26(2)31(29,30)21-14-7-6-11-19(21)16-24-22(27)18-12-8-13-20(15-18)25-23(28)17-9-4-3-5-10-17/h6-8,11-15,17H,3-5,9-10,16H2,1-2H3,(H,24,27)(H,25,28). The van der Waals surface area contributed by atoms with Gasteiger partial charge < -0.3 is 10.6 Å². The molecule has 1 aliphatic rings. The number of benzene rings is 2. The highest BCUT2D eigenvalue weighted by molar-refractivity contribution is 7.89. The van der Waals surface area contributed by atoms with Gasteiger partial charge in [-0.1, -0.05) is 43.5 Å². The van der Waals surface area contributed by atoms with Gasteiger partial charge in [-0.15, -0.1) is 0 Å². The Bertz CT molecular complexity index is 1040. The van der Waals surface area contributed by atoms with Crippen molar-refractivity contribution in [2.75, 3.05) is 19.4 Å². The van der Waals surface area contributed by atoms with Gasteiger partial charge in [0.15, 0.2) is 0 Å². The molecule has 2 amide bonds. The SMILES string of the molecule is CN(C)S(=O)(=O)c1ccccc1CNC(=O)c1cccc(NC(=O)C2CCCCC2)c1. The molecular weight excluding hydrogens is 414 g/mol. The third-order valence-electron chi connectivity index (χ3n) is 5.54. The number of nitrogens with zero attached hydrogens (tertiary/aromatic N) is 1. The minimum absolute atomic E-state index is 0.0000718. The van der Waals surface area contributed by atoms with Gasteiger partial charge in [0.1, 0.15) is 0 Å². The van der Waals surface area contributed by atoms with Crippen molar-refractivity contribution in [3.8, 4) is 0 Å². The first-order valence-electron chi connectivity index (χ1n) is 10.5. The van der Waals surface area contributed by atoms with Crippen molar-refractivity contribution >= 4 is 27.5 Å². The van der Waals surface area contributed by atoms with E-state index in [0.29, 0.717) is 16.8 Å². The second-order valence-electron chi connectivity index (χ2n) is 7.98. The molecule has 7 nitrogen and oxygen atoms in total. The first-order chi connectivity index (χ1) is 14.8. The Morgan fingerprint density at radius 3 is 2.42 bits per heavy atom. The zero-order chi connectivity index (χ0) is 22.4. The lowest BCUT2D eigenvalue weighted by atomic mass is 9.88. The predicted molar refractivity (Wildman–Crippen MR) is 120 cm³/mol. The van der Waals surface area contributed by atoms with E-state index >= 15 is 0 Å². The highest BCUT2D eigenvalue weighted by atomic mass is 32.2. The van der Waals surface area contributed by atoms with Crippen molar-refractivity contribution in [1.82, 2.24) is 9.62 Å². The summed E-state index contributed by atoms with van der Waals surface area (Å²) >= 11 is 0. The molecule has 8 heteroatoms. The number of carbonyl (C=O) groups is 2. The molecule has 0 saturated heterocycles. The van der Waals surface area contributed by atoms with Gasteiger partial charge in [-0.25, -0.2) is 12.7 Å². The van der Waals surface area contributed by atoms with Crippen LogP contribution in [0.25, 0.3) is 0 Å². The Balaban J connectivity index is 1.67. The smallest absolute Gasteiger partial charge is 0.251 e. The summed E-state index contributed by atoms with van der Waals surface area (Å²) in [6.45, 7) is 0.0702. The Hall–Kier alpha value is -2.71. The molecule has 166 valence electrons. The van der Waals surface area contributed by atoms with Crippen molar-refractivity contribution < 1.29 is 18.0 Å². The molecule has 2 aromatic carbocycles. The van der Waals surface area contributed by atoms with Crippen LogP contribution in [-0.2, 0) is 21.4 Å². The van der Waals surface area contributed by atoms with E-state index in [1.165, 1.54) is 26.6 Å². The molecule has 31 heavy (non-hydrogen) atoms. The van der Waals surface area contributed by atoms with Crippen molar-refractivity contribution in [2.24, 2.45) is 5.92 Å². The normalized spacial score (nSPS) is 14.9. The minimum atomic E-state index is -3.62. The first-order valence-corrected chi connectivity index (χ1v) is 11.9. The van der Waals surface area contributed by atoms with Gasteiger partial charge in [0.2, 0.25) is 15.9 Å². The molecule has 1 fully saturated rings. The van der Waals surface area contributed by atoms with E-state index in [1.54, 1.807) is 42.5 Å². The Morgan fingerprint density at radius 1 is 1.00 bits per heavy atom. The summed E-state index contributed by atoms with van der Waals surface area (Å²) in [7, 11) is -0.676. The van der Waals surface area contributed by atoms with E-state index in [0.717, 1.165) is 30.0 Å². The van der Waals surface area contributed by atoms with E-state index < -0.39 is 10.0 Å². The molecule has 3 rings (SSSR count). The van der Waals surface area contributed by atoms with E-state index in [-0.39, 0.29) is 29.2 Å². The highest BCUT2D eigenvalue weighted by Gasteiger charge is 2.22. The fourth-order valence-corrected chi connectivity index (χ4v) is 4.84. The van der Waals surface area contributed by atoms with Gasteiger partial charge in [0.05, 0.1) is 4.90 Å². The van der Waals surface area contributed by atoms with E-state index in [9.17, 15) is 18.0 Å². The highest BCUT2D eigenvalue weighted by Crippen LogP contribution is 2.25. The van der Waals surface area contributed by atoms with Crippen LogP contribution < -0.4 is 10.6 Å². The second-order valence-corrected chi connectivity index (χ2v) is 10.1. The van der Waals surface area contributed by atoms with Crippen LogP contribution >= 0.6 is 0 Å². The van der Waals surface area contributed by atoms with Crippen LogP contribution in [-0.4, -0.2) is 38.6 Å². The van der Waals surface area contributed by atoms with Crippen LogP contribution in [0.5, 0.6) is 0 Å². The summed E-state index contributed by atoms with van der Waals surface area (Å²) < 4.78 is 26.2. The lowest BCUT2D eigenvalue weighted by Gasteiger charge is -2.20. The quantitative estimate of drug-likeness (QED) is 0.686. The predicted octanol–water partition coefficient (Wildman–Crippen LogP) is 3.39. The van der Waals surface area contributed by atoms with Crippen LogP contribution in [0.3, 0.4) is 0 Å². The number of hydrogen-bond donors (Lipinski definition) is 2. The van der Waals surface area contributed by atoms with Crippen molar-refractivity contribution in [2.45, 2.75) is 43.5 Å². The van der Waals surface area contributed by atoms with Gasteiger partial charge in [0, 0.05) is 37.8 Å². The largest absolute Gasteiger partial charge is 0.348 e. The van der Waals surface area contributed by atoms with Crippen molar-refractivity contribution in [3.05, 3.63) is 59.7 Å². The zero-order valence-electron chi connectivity index (χ0n) is 17.9. The average Bonchev–Trinajstić information content (AvgIpc) is 2.78. The molecular formula is C23H29N3O4S. The number of rotatable bonds is 7. The summed E-state index contributed by atoms with van der Waals surface area (Å²) in [6.07, 6.45) is 5.14. The molecule has 0 aromatic heterocycles. The Labute approximate surface area is 183 Å². The molecule has 1 saturated carbocycles. The van der Waals surface area contributed by atoms with Gasteiger partial charge in [-0.05, 0) is 42.7 Å². The van der Waals surface area contributed by atoms with Crippen LogP contribution in [0, 0.1) is 5.92 Å². The van der Waals surface area contributed by atoms with Gasteiger partial charge >= 0.3 is 0 Å². The molecule has 0 atom stereocenters. The molecule has 0 unspecified atom stereocenters. The van der Waals surface area contributed by atoms with Crippen LogP contribution in [0.4, 0.5) is 5.69 Å². The van der Waals surface area contributed by atoms with Crippen LogP contribution in [0.1, 0.15) is 48.0 Å². The summed E-state index contributed by atoms with van der Waals surface area (Å²) in [6, 6.07) is 13.4. The molecule has 0 bridgehead atoms. The first kappa shape index (κ1) is 23.0. The average molecular weight is 444 g/mol. The molecule has 2 N–H and O–H groups in total. The number of carbonyl (C=O) groups excluding carboxylic acids is 2. The van der Waals surface area contributed by atoms with E-state index in [4.69, 9.17) is 0 Å². The molecule has 0 heterocycles. The number of sulfonamides is 1. The van der Waals surface area contributed by atoms with Crippen molar-refractivity contribution in [1.29, 1.82) is 0 Å². The maximum absolute atomic E-state index is 12.7. The lowest BCUT2D eigenvalue weighted by Crippen LogP contribution is -2.27. The number of hydrogen-bond acceptors (Lipinski definition) is 4. The minimum Gasteiger partial charge on any atom is -0.348 e. The lowest BCUT2D eigenvalue weighted by molar-refractivity contribution is -0.120. The fourth-order valence-electron chi connectivity index (χ4n) is 3.72. The third-order valence-corrected chi connectivity index (χ3v) is 7.45. The van der Waals surface area contributed by atoms with Crippen LogP contribution in [0.2, 0.25) is 0 Å².